The molecule has 9 heteroatoms. The van der Waals surface area contributed by atoms with Crippen LogP contribution >= 0.6 is 11.8 Å². The van der Waals surface area contributed by atoms with Gasteiger partial charge in [0.25, 0.3) is 0 Å². The number of carbonyl (C=O) groups is 1. The Bertz CT molecular complexity index is 678. The molecule has 1 aromatic heterocycles. The van der Waals surface area contributed by atoms with Crippen molar-refractivity contribution in [3.8, 4) is 6.07 Å². The lowest BCUT2D eigenvalue weighted by atomic mass is 9.90. The summed E-state index contributed by atoms with van der Waals surface area (Å²) in [6.07, 6.45) is 0. The molecule has 1 aromatic rings. The summed E-state index contributed by atoms with van der Waals surface area (Å²) in [7, 11) is 0. The van der Waals surface area contributed by atoms with Crippen molar-refractivity contribution in [3.05, 3.63) is 0 Å². The molecule has 2 heterocycles. The van der Waals surface area contributed by atoms with Crippen LogP contribution < -0.4 is 10.2 Å². The summed E-state index contributed by atoms with van der Waals surface area (Å²) < 4.78 is 7.50. The zero-order valence-corrected chi connectivity index (χ0v) is 17.7. The zero-order valence-electron chi connectivity index (χ0n) is 16.9. The van der Waals surface area contributed by atoms with Gasteiger partial charge in [-0.25, -0.2) is 0 Å². The summed E-state index contributed by atoms with van der Waals surface area (Å²) in [6, 6.07) is 2.20. The Hall–Kier alpha value is -1.79. The SMILES string of the molecule is CC(C)Cn1c(SCC(=O)NC(C)(C#N)C(C)C)nnc1N1CCOCC1. The first-order valence-electron chi connectivity index (χ1n) is 9.37. The predicted molar refractivity (Wildman–Crippen MR) is 106 cm³/mol. The number of rotatable bonds is 8. The smallest absolute Gasteiger partial charge is 0.231 e. The highest BCUT2D eigenvalue weighted by molar-refractivity contribution is 7.99. The largest absolute Gasteiger partial charge is 0.378 e. The molecule has 8 nitrogen and oxygen atoms in total. The molecule has 1 fully saturated rings. The maximum Gasteiger partial charge on any atom is 0.231 e. The molecular weight excluding hydrogens is 364 g/mol. The quantitative estimate of drug-likeness (QED) is 0.673. The maximum absolute atomic E-state index is 12.4. The fraction of sp³-hybridized carbons (Fsp3) is 0.778. The van der Waals surface area contributed by atoms with Crippen molar-refractivity contribution in [1.82, 2.24) is 20.1 Å². The van der Waals surface area contributed by atoms with Gasteiger partial charge < -0.3 is 15.0 Å². The molecule has 1 aliphatic heterocycles. The molecule has 0 aliphatic carbocycles. The predicted octanol–water partition coefficient (Wildman–Crippen LogP) is 1.92. The summed E-state index contributed by atoms with van der Waals surface area (Å²) in [4.78, 5) is 14.5. The third kappa shape index (κ3) is 5.59. The first kappa shape index (κ1) is 21.5. The van der Waals surface area contributed by atoms with Gasteiger partial charge >= 0.3 is 0 Å². The van der Waals surface area contributed by atoms with Gasteiger partial charge in [0.15, 0.2) is 5.16 Å². The highest BCUT2D eigenvalue weighted by Gasteiger charge is 2.30. The fourth-order valence-corrected chi connectivity index (χ4v) is 3.41. The van der Waals surface area contributed by atoms with Gasteiger partial charge in [-0.15, -0.1) is 10.2 Å². The van der Waals surface area contributed by atoms with Gasteiger partial charge in [0.2, 0.25) is 11.9 Å². The van der Waals surface area contributed by atoms with Crippen molar-refractivity contribution in [2.45, 2.75) is 51.9 Å². The van der Waals surface area contributed by atoms with Crippen molar-refractivity contribution < 1.29 is 9.53 Å². The van der Waals surface area contributed by atoms with Crippen molar-refractivity contribution in [2.75, 3.05) is 37.0 Å². The number of nitrogens with zero attached hydrogens (tertiary/aromatic N) is 5. The number of nitriles is 1. The first-order valence-corrected chi connectivity index (χ1v) is 10.4. The summed E-state index contributed by atoms with van der Waals surface area (Å²) in [6.45, 7) is 13.6. The van der Waals surface area contributed by atoms with Crippen LogP contribution in [0.15, 0.2) is 5.16 Å². The van der Waals surface area contributed by atoms with E-state index < -0.39 is 5.54 Å². The standard InChI is InChI=1S/C18H30N6O2S/c1-13(2)10-24-16(23-6-8-26-9-7-23)21-22-17(24)27-11-15(25)20-18(5,12-19)14(3)4/h13-14H,6-11H2,1-5H3,(H,20,25). The third-order valence-electron chi connectivity index (χ3n) is 4.66. The molecule has 1 saturated heterocycles. The molecule has 0 spiro atoms. The molecule has 2 rings (SSSR count). The first-order chi connectivity index (χ1) is 12.8. The minimum Gasteiger partial charge on any atom is -0.378 e. The number of hydrogen-bond donors (Lipinski definition) is 1. The van der Waals surface area contributed by atoms with Crippen LogP contribution in [0.5, 0.6) is 0 Å². The Kier molecular flexibility index (Phi) is 7.50. The van der Waals surface area contributed by atoms with E-state index in [2.05, 4.69) is 44.9 Å². The van der Waals surface area contributed by atoms with E-state index in [0.29, 0.717) is 19.1 Å². The van der Waals surface area contributed by atoms with E-state index in [4.69, 9.17) is 4.74 Å². The molecule has 0 aromatic carbocycles. The van der Waals surface area contributed by atoms with E-state index in [1.165, 1.54) is 11.8 Å². The molecule has 1 amide bonds. The van der Waals surface area contributed by atoms with Crippen LogP contribution in [-0.2, 0) is 16.1 Å². The Balaban J connectivity index is 2.08. The minimum atomic E-state index is -0.873. The Morgan fingerprint density at radius 2 is 2.00 bits per heavy atom. The number of amides is 1. The maximum atomic E-state index is 12.4. The molecule has 150 valence electrons. The molecule has 1 unspecified atom stereocenters. The molecule has 1 aliphatic rings. The minimum absolute atomic E-state index is 0.0222. The Morgan fingerprint density at radius 3 is 2.56 bits per heavy atom. The number of hydrogen-bond acceptors (Lipinski definition) is 7. The third-order valence-corrected chi connectivity index (χ3v) is 5.62. The number of morpholine rings is 1. The van der Waals surface area contributed by atoms with E-state index in [9.17, 15) is 10.1 Å². The highest BCUT2D eigenvalue weighted by atomic mass is 32.2. The van der Waals surface area contributed by atoms with Gasteiger partial charge in [-0.05, 0) is 18.8 Å². The van der Waals surface area contributed by atoms with E-state index in [1.54, 1.807) is 6.92 Å². The average molecular weight is 395 g/mol. The van der Waals surface area contributed by atoms with Crippen LogP contribution in [-0.4, -0.2) is 58.3 Å². The fourth-order valence-electron chi connectivity index (χ4n) is 2.67. The molecule has 0 bridgehead atoms. The lowest BCUT2D eigenvalue weighted by molar-refractivity contribution is -0.120. The molecule has 1 N–H and O–H groups in total. The number of carbonyl (C=O) groups excluding carboxylic acids is 1. The number of thioether (sulfide) groups is 1. The van der Waals surface area contributed by atoms with Crippen molar-refractivity contribution in [1.29, 1.82) is 5.26 Å². The monoisotopic (exact) mass is 394 g/mol. The normalized spacial score (nSPS) is 17.0. The van der Waals surface area contributed by atoms with Crippen LogP contribution in [0.3, 0.4) is 0 Å². The lowest BCUT2D eigenvalue weighted by Gasteiger charge is -2.28. The molecule has 0 saturated carbocycles. The molecular formula is C18H30N6O2S. The number of aromatic nitrogens is 3. The van der Waals surface area contributed by atoms with Gasteiger partial charge in [-0.2, -0.15) is 5.26 Å². The van der Waals surface area contributed by atoms with Gasteiger partial charge in [-0.3, -0.25) is 9.36 Å². The van der Waals surface area contributed by atoms with Gasteiger partial charge in [0.05, 0.1) is 25.0 Å². The second-order valence-corrected chi connectivity index (χ2v) is 8.63. The van der Waals surface area contributed by atoms with Crippen molar-refractivity contribution in [2.24, 2.45) is 11.8 Å². The van der Waals surface area contributed by atoms with Crippen LogP contribution in [0.4, 0.5) is 5.95 Å². The van der Waals surface area contributed by atoms with Crippen LogP contribution in [0.1, 0.15) is 34.6 Å². The van der Waals surface area contributed by atoms with E-state index in [1.807, 2.05) is 13.8 Å². The lowest BCUT2D eigenvalue weighted by Crippen LogP contribution is -2.49. The van der Waals surface area contributed by atoms with Crippen LogP contribution in [0, 0.1) is 23.2 Å². The van der Waals surface area contributed by atoms with Gasteiger partial charge in [0.1, 0.15) is 5.54 Å². The second-order valence-electron chi connectivity index (χ2n) is 7.69. The van der Waals surface area contributed by atoms with Gasteiger partial charge in [-0.1, -0.05) is 39.5 Å². The van der Waals surface area contributed by atoms with Gasteiger partial charge in [0, 0.05) is 19.6 Å². The summed E-state index contributed by atoms with van der Waals surface area (Å²) in [5.74, 6) is 1.30. The number of nitrogens with one attached hydrogen (secondary N) is 1. The molecule has 27 heavy (non-hydrogen) atoms. The summed E-state index contributed by atoms with van der Waals surface area (Å²) in [5, 5.41) is 21.6. The summed E-state index contributed by atoms with van der Waals surface area (Å²) >= 11 is 1.35. The van der Waals surface area contributed by atoms with E-state index in [-0.39, 0.29) is 17.6 Å². The molecule has 0 radical (unpaired) electrons. The van der Waals surface area contributed by atoms with Crippen LogP contribution in [0.2, 0.25) is 0 Å². The average Bonchev–Trinajstić information content (AvgIpc) is 3.02. The van der Waals surface area contributed by atoms with E-state index >= 15 is 0 Å². The topological polar surface area (TPSA) is 96.1 Å². The Labute approximate surface area is 165 Å². The zero-order chi connectivity index (χ0) is 20.0. The van der Waals surface area contributed by atoms with Crippen molar-refractivity contribution in [3.63, 3.8) is 0 Å². The number of anilines is 1. The highest BCUT2D eigenvalue weighted by Crippen LogP contribution is 2.24. The van der Waals surface area contributed by atoms with Crippen LogP contribution in [0.25, 0.3) is 0 Å². The number of ether oxygens (including phenoxy) is 1. The second kappa shape index (κ2) is 9.42. The van der Waals surface area contributed by atoms with Crippen molar-refractivity contribution >= 4 is 23.6 Å². The van der Waals surface area contributed by atoms with E-state index in [0.717, 1.165) is 30.7 Å². The Morgan fingerprint density at radius 1 is 1.33 bits per heavy atom. The molecule has 1 atom stereocenters. The summed E-state index contributed by atoms with van der Waals surface area (Å²) in [5.41, 5.74) is -0.873.